The molecule has 0 spiro atoms. The topological polar surface area (TPSA) is 16.4 Å². The third kappa shape index (κ3) is 5.67. The normalized spacial score (nSPS) is 12.9. The van der Waals surface area contributed by atoms with Gasteiger partial charge in [0.25, 0.3) is 0 Å². The van der Waals surface area contributed by atoms with Gasteiger partial charge in [-0.3, -0.25) is 0 Å². The summed E-state index contributed by atoms with van der Waals surface area (Å²) in [6.07, 6.45) is 0. The molecule has 1 aromatic heterocycles. The number of furan rings is 1. The lowest BCUT2D eigenvalue weighted by atomic mass is 9.82. The van der Waals surface area contributed by atoms with Gasteiger partial charge >= 0.3 is 0 Å². The highest BCUT2D eigenvalue weighted by Gasteiger charge is 2.36. The lowest BCUT2D eigenvalue weighted by Gasteiger charge is -2.30. The summed E-state index contributed by atoms with van der Waals surface area (Å²) in [5.41, 5.74) is 17.4. The van der Waals surface area contributed by atoms with Crippen LogP contribution in [0.4, 0.5) is 17.1 Å². The molecule has 2 nitrogen and oxygen atoms in total. The molecule has 12 aromatic rings. The smallest absolute Gasteiger partial charge is 0.143 e. The Balaban J connectivity index is 1.09. The van der Waals surface area contributed by atoms with Crippen LogP contribution in [-0.2, 0) is 5.41 Å². The second-order valence-corrected chi connectivity index (χ2v) is 18.0. The van der Waals surface area contributed by atoms with E-state index in [1.165, 1.54) is 82.6 Å². The molecule has 13 rings (SSSR count). The molecule has 65 heavy (non-hydrogen) atoms. The van der Waals surface area contributed by atoms with Crippen LogP contribution in [0.1, 0.15) is 25.0 Å². The number of hydrogen-bond acceptors (Lipinski definition) is 2. The first-order valence-electron chi connectivity index (χ1n) is 22.6. The fourth-order valence-electron chi connectivity index (χ4n) is 11.0. The molecule has 0 aliphatic heterocycles. The standard InChI is InChI=1S/C63H43NO/c1-63(2)55-28-16-15-24-49(55)50-34-33-44(39-56(50)63)64(43-31-29-41(30-32-43)40-17-5-3-6-18-40)57-37-35-53(48-23-9-12-25-51(48)57)59-45(42-19-7-4-8-20-42)36-38-58-61(59)60-52-26-13-10-21-46(52)47-22-11-14-27-54(47)62(60)65-58/h3-39H,1-2H3. The summed E-state index contributed by atoms with van der Waals surface area (Å²) >= 11 is 0. The minimum absolute atomic E-state index is 0.147. The van der Waals surface area contributed by atoms with Crippen LogP contribution in [-0.4, -0.2) is 0 Å². The highest BCUT2D eigenvalue weighted by molar-refractivity contribution is 6.33. The molecule has 1 aliphatic carbocycles. The maximum atomic E-state index is 7.03. The number of hydrogen-bond donors (Lipinski definition) is 0. The van der Waals surface area contributed by atoms with Gasteiger partial charge in [-0.1, -0.05) is 202 Å². The van der Waals surface area contributed by atoms with Crippen LogP contribution in [0.25, 0.3) is 98.8 Å². The van der Waals surface area contributed by atoms with E-state index in [0.717, 1.165) is 44.4 Å². The SMILES string of the molecule is CC1(C)c2ccccc2-c2ccc(N(c3ccc(-c4ccccc4)cc3)c3ccc(-c4c(-c5ccccc5)ccc5oc6c7ccccc7c7ccccc7c6c45)c4ccccc34)cc21. The van der Waals surface area contributed by atoms with E-state index >= 15 is 0 Å². The summed E-state index contributed by atoms with van der Waals surface area (Å²) < 4.78 is 7.03. The van der Waals surface area contributed by atoms with Gasteiger partial charge in [0.05, 0.1) is 5.69 Å². The minimum Gasteiger partial charge on any atom is -0.455 e. The van der Waals surface area contributed by atoms with E-state index in [2.05, 4.69) is 243 Å². The zero-order chi connectivity index (χ0) is 43.2. The maximum absolute atomic E-state index is 7.03. The van der Waals surface area contributed by atoms with Gasteiger partial charge in [-0.05, 0) is 108 Å². The fourth-order valence-corrected chi connectivity index (χ4v) is 11.0. The molecule has 0 radical (unpaired) electrons. The van der Waals surface area contributed by atoms with Crippen LogP contribution in [0.3, 0.4) is 0 Å². The van der Waals surface area contributed by atoms with Gasteiger partial charge in [-0.2, -0.15) is 0 Å². The molecule has 0 saturated carbocycles. The molecule has 0 N–H and O–H groups in total. The van der Waals surface area contributed by atoms with E-state index in [0.29, 0.717) is 0 Å². The average Bonchev–Trinajstić information content (AvgIpc) is 3.87. The Bertz CT molecular complexity index is 3840. The molecular weight excluding hydrogens is 787 g/mol. The molecule has 0 unspecified atom stereocenters. The molecule has 2 heteroatoms. The molecule has 0 atom stereocenters. The van der Waals surface area contributed by atoms with Crippen molar-refractivity contribution in [2.75, 3.05) is 4.90 Å². The Kier molecular flexibility index (Phi) is 8.29. The molecule has 0 amide bonds. The van der Waals surface area contributed by atoms with Gasteiger partial charge in [0.2, 0.25) is 0 Å². The molecular formula is C63H43NO. The lowest BCUT2D eigenvalue weighted by molar-refractivity contribution is 0.660. The summed E-state index contributed by atoms with van der Waals surface area (Å²) in [5, 5.41) is 9.37. The van der Waals surface area contributed by atoms with E-state index in [4.69, 9.17) is 4.42 Å². The first kappa shape index (κ1) is 37.4. The van der Waals surface area contributed by atoms with Crippen molar-refractivity contribution in [1.82, 2.24) is 0 Å². The predicted molar refractivity (Wildman–Crippen MR) is 275 cm³/mol. The molecule has 0 bridgehead atoms. The third-order valence-electron chi connectivity index (χ3n) is 14.1. The minimum atomic E-state index is -0.147. The van der Waals surface area contributed by atoms with Gasteiger partial charge < -0.3 is 9.32 Å². The van der Waals surface area contributed by atoms with Crippen molar-refractivity contribution in [1.29, 1.82) is 0 Å². The van der Waals surface area contributed by atoms with Crippen LogP contribution in [0.15, 0.2) is 229 Å². The summed E-state index contributed by atoms with van der Waals surface area (Å²) in [6.45, 7) is 4.72. The zero-order valence-corrected chi connectivity index (χ0v) is 36.2. The monoisotopic (exact) mass is 829 g/mol. The molecule has 11 aromatic carbocycles. The quantitative estimate of drug-likeness (QED) is 0.155. The Morgan fingerprint density at radius 1 is 0.354 bits per heavy atom. The lowest BCUT2D eigenvalue weighted by Crippen LogP contribution is -2.16. The van der Waals surface area contributed by atoms with Crippen molar-refractivity contribution in [3.63, 3.8) is 0 Å². The molecule has 0 fully saturated rings. The van der Waals surface area contributed by atoms with Crippen LogP contribution >= 0.6 is 0 Å². The van der Waals surface area contributed by atoms with E-state index in [9.17, 15) is 0 Å². The Morgan fingerprint density at radius 3 is 1.65 bits per heavy atom. The zero-order valence-electron chi connectivity index (χ0n) is 36.2. The van der Waals surface area contributed by atoms with E-state index < -0.39 is 0 Å². The van der Waals surface area contributed by atoms with Crippen molar-refractivity contribution >= 4 is 71.3 Å². The van der Waals surface area contributed by atoms with Gasteiger partial charge in [0.15, 0.2) is 0 Å². The van der Waals surface area contributed by atoms with Crippen LogP contribution in [0.5, 0.6) is 0 Å². The first-order valence-corrected chi connectivity index (χ1v) is 22.6. The van der Waals surface area contributed by atoms with Crippen molar-refractivity contribution < 1.29 is 4.42 Å². The van der Waals surface area contributed by atoms with Crippen LogP contribution < -0.4 is 4.90 Å². The second kappa shape index (κ2) is 14.4. The van der Waals surface area contributed by atoms with E-state index in [1.807, 2.05) is 0 Å². The summed E-state index contributed by atoms with van der Waals surface area (Å²) in [6, 6.07) is 82.1. The molecule has 1 aliphatic rings. The number of nitrogens with zero attached hydrogens (tertiary/aromatic N) is 1. The number of fused-ring (bicyclic) bond motifs is 12. The van der Waals surface area contributed by atoms with Crippen molar-refractivity contribution in [3.05, 3.63) is 236 Å². The molecule has 0 saturated heterocycles. The average molecular weight is 830 g/mol. The number of benzene rings is 11. The van der Waals surface area contributed by atoms with Gasteiger partial charge in [-0.15, -0.1) is 0 Å². The Labute approximate surface area is 378 Å². The second-order valence-electron chi connectivity index (χ2n) is 18.0. The summed E-state index contributed by atoms with van der Waals surface area (Å²) in [5.74, 6) is 0. The van der Waals surface area contributed by atoms with Gasteiger partial charge in [0.1, 0.15) is 11.2 Å². The number of rotatable bonds is 6. The fraction of sp³-hybridized carbons (Fsp3) is 0.0476. The summed E-state index contributed by atoms with van der Waals surface area (Å²) in [4.78, 5) is 2.46. The Hall–Kier alpha value is -8.20. The largest absolute Gasteiger partial charge is 0.455 e. The van der Waals surface area contributed by atoms with E-state index in [1.54, 1.807) is 0 Å². The van der Waals surface area contributed by atoms with Crippen molar-refractivity contribution in [2.24, 2.45) is 0 Å². The first-order chi connectivity index (χ1) is 32.0. The van der Waals surface area contributed by atoms with Gasteiger partial charge in [-0.25, -0.2) is 0 Å². The van der Waals surface area contributed by atoms with Crippen molar-refractivity contribution in [2.45, 2.75) is 19.3 Å². The van der Waals surface area contributed by atoms with E-state index in [-0.39, 0.29) is 5.41 Å². The highest BCUT2D eigenvalue weighted by Crippen LogP contribution is 2.53. The van der Waals surface area contributed by atoms with Crippen LogP contribution in [0.2, 0.25) is 0 Å². The predicted octanol–water partition coefficient (Wildman–Crippen LogP) is 17.8. The molecule has 306 valence electrons. The van der Waals surface area contributed by atoms with Crippen LogP contribution in [0, 0.1) is 0 Å². The maximum Gasteiger partial charge on any atom is 0.143 e. The molecule has 1 heterocycles. The third-order valence-corrected chi connectivity index (χ3v) is 14.1. The summed E-state index contributed by atoms with van der Waals surface area (Å²) in [7, 11) is 0. The van der Waals surface area contributed by atoms with Crippen molar-refractivity contribution in [3.8, 4) is 44.5 Å². The van der Waals surface area contributed by atoms with Gasteiger partial charge in [0, 0.05) is 43.9 Å². The number of anilines is 3. The highest BCUT2D eigenvalue weighted by atomic mass is 16.3. The Morgan fingerprint density at radius 2 is 0.892 bits per heavy atom.